The lowest BCUT2D eigenvalue weighted by Crippen LogP contribution is -2.06. The Bertz CT molecular complexity index is 1170. The topological polar surface area (TPSA) is 85.1 Å². The first kappa shape index (κ1) is 24.9. The number of nitrogens with one attached hydrogen (secondary N) is 1. The normalized spacial score (nSPS) is 10.6. The Morgan fingerprint density at radius 1 is 0.941 bits per heavy atom. The third kappa shape index (κ3) is 6.65. The predicted octanol–water partition coefficient (Wildman–Crippen LogP) is 5.44. The van der Waals surface area contributed by atoms with Crippen LogP contribution in [0.2, 0.25) is 0 Å². The standard InChI is InChI=1S/C26H26BrN3O4/c1-4-33-25-13-21(16-30-29-15-20-9-10-23(31-2)24(12-20)32-3)11-22(27)26(25)34-17-19-7-5-18(14-28)6-8-19/h5-13,16,29H,4,15,17H2,1-3H3/b30-16-. The maximum atomic E-state index is 8.94. The van der Waals surface area contributed by atoms with Crippen LogP contribution in [0, 0.1) is 11.3 Å². The van der Waals surface area contributed by atoms with Gasteiger partial charge in [0.1, 0.15) is 6.61 Å². The maximum absolute atomic E-state index is 8.94. The summed E-state index contributed by atoms with van der Waals surface area (Å²) in [4.78, 5) is 0. The molecule has 0 spiro atoms. The molecule has 3 rings (SSSR count). The van der Waals surface area contributed by atoms with Crippen molar-refractivity contribution in [1.82, 2.24) is 5.43 Å². The van der Waals surface area contributed by atoms with E-state index >= 15 is 0 Å². The van der Waals surface area contributed by atoms with E-state index in [9.17, 15) is 0 Å². The van der Waals surface area contributed by atoms with Gasteiger partial charge in [-0.25, -0.2) is 0 Å². The van der Waals surface area contributed by atoms with Crippen molar-refractivity contribution in [2.24, 2.45) is 5.10 Å². The summed E-state index contributed by atoms with van der Waals surface area (Å²) in [5, 5.41) is 13.3. The average Bonchev–Trinajstić information content (AvgIpc) is 2.86. The van der Waals surface area contributed by atoms with Crippen molar-refractivity contribution in [3.63, 3.8) is 0 Å². The van der Waals surface area contributed by atoms with Crippen molar-refractivity contribution in [3.05, 3.63) is 81.3 Å². The third-order valence-electron chi connectivity index (χ3n) is 4.83. The number of nitriles is 1. The second-order valence-corrected chi connectivity index (χ2v) is 8.00. The number of methoxy groups -OCH3 is 2. The average molecular weight is 524 g/mol. The molecule has 0 radical (unpaired) electrons. The summed E-state index contributed by atoms with van der Waals surface area (Å²) in [7, 11) is 3.22. The first-order valence-electron chi connectivity index (χ1n) is 10.6. The van der Waals surface area contributed by atoms with Gasteiger partial charge in [-0.1, -0.05) is 18.2 Å². The molecule has 7 nitrogen and oxygen atoms in total. The maximum Gasteiger partial charge on any atom is 0.175 e. The van der Waals surface area contributed by atoms with Gasteiger partial charge in [0.25, 0.3) is 0 Å². The zero-order valence-electron chi connectivity index (χ0n) is 19.3. The zero-order valence-corrected chi connectivity index (χ0v) is 20.9. The lowest BCUT2D eigenvalue weighted by molar-refractivity contribution is 0.267. The van der Waals surface area contributed by atoms with Gasteiger partial charge in [-0.05, 0) is 75.9 Å². The first-order valence-corrected chi connectivity index (χ1v) is 11.4. The molecular formula is C26H26BrN3O4. The quantitative estimate of drug-likeness (QED) is 0.266. The summed E-state index contributed by atoms with van der Waals surface area (Å²) >= 11 is 3.58. The van der Waals surface area contributed by atoms with Crippen molar-refractivity contribution < 1.29 is 18.9 Å². The van der Waals surface area contributed by atoms with E-state index in [-0.39, 0.29) is 0 Å². The molecule has 1 N–H and O–H groups in total. The van der Waals surface area contributed by atoms with Crippen molar-refractivity contribution in [1.29, 1.82) is 5.26 Å². The second kappa shape index (κ2) is 12.5. The molecule has 0 atom stereocenters. The summed E-state index contributed by atoms with van der Waals surface area (Å²) in [6, 6.07) is 18.9. The number of hydrogen-bond donors (Lipinski definition) is 1. The van der Waals surface area contributed by atoms with Crippen molar-refractivity contribution in [2.45, 2.75) is 20.1 Å². The smallest absolute Gasteiger partial charge is 0.175 e. The van der Waals surface area contributed by atoms with Gasteiger partial charge < -0.3 is 24.4 Å². The Hall–Kier alpha value is -3.70. The van der Waals surface area contributed by atoms with Gasteiger partial charge in [-0.15, -0.1) is 0 Å². The van der Waals surface area contributed by atoms with Crippen LogP contribution in [0.5, 0.6) is 23.0 Å². The number of nitrogens with zero attached hydrogens (tertiary/aromatic N) is 2. The molecule has 8 heteroatoms. The van der Waals surface area contributed by atoms with E-state index in [1.54, 1.807) is 32.6 Å². The molecule has 0 aliphatic carbocycles. The SMILES string of the molecule is CCOc1cc(/C=N\NCc2ccc(OC)c(OC)c2)cc(Br)c1OCc1ccc(C#N)cc1. The van der Waals surface area contributed by atoms with Gasteiger partial charge in [0, 0.05) is 0 Å². The largest absolute Gasteiger partial charge is 0.493 e. The Labute approximate surface area is 208 Å². The fourth-order valence-electron chi connectivity index (χ4n) is 3.14. The monoisotopic (exact) mass is 523 g/mol. The Morgan fingerprint density at radius 3 is 2.35 bits per heavy atom. The van der Waals surface area contributed by atoms with E-state index in [2.05, 4.69) is 32.5 Å². The van der Waals surface area contributed by atoms with Crippen molar-refractivity contribution in [2.75, 3.05) is 20.8 Å². The van der Waals surface area contributed by atoms with Gasteiger partial charge in [0.05, 0.1) is 49.7 Å². The molecule has 0 saturated carbocycles. The highest BCUT2D eigenvalue weighted by molar-refractivity contribution is 9.10. The van der Waals surface area contributed by atoms with Crippen LogP contribution in [-0.4, -0.2) is 27.0 Å². The van der Waals surface area contributed by atoms with Crippen LogP contribution < -0.4 is 24.4 Å². The molecule has 0 fully saturated rings. The summed E-state index contributed by atoms with van der Waals surface area (Å²) in [6.45, 7) is 3.30. The van der Waals surface area contributed by atoms with Crippen LogP contribution in [0.15, 0.2) is 64.2 Å². The van der Waals surface area contributed by atoms with Crippen LogP contribution in [0.1, 0.15) is 29.2 Å². The molecule has 176 valence electrons. The summed E-state index contributed by atoms with van der Waals surface area (Å²) < 4.78 is 23.2. The molecule has 0 amide bonds. The van der Waals surface area contributed by atoms with Crippen LogP contribution >= 0.6 is 15.9 Å². The Morgan fingerprint density at radius 2 is 1.68 bits per heavy atom. The van der Waals surface area contributed by atoms with Gasteiger partial charge in [-0.2, -0.15) is 10.4 Å². The Kier molecular flexibility index (Phi) is 9.18. The molecule has 0 aromatic heterocycles. The van der Waals surface area contributed by atoms with E-state index in [1.807, 2.05) is 49.4 Å². The molecule has 3 aromatic rings. The molecular weight excluding hydrogens is 498 g/mol. The molecule has 0 bridgehead atoms. The van der Waals surface area contributed by atoms with Crippen LogP contribution in [0.3, 0.4) is 0 Å². The minimum Gasteiger partial charge on any atom is -0.493 e. The fourth-order valence-corrected chi connectivity index (χ4v) is 3.72. The number of hydrogen-bond acceptors (Lipinski definition) is 7. The fraction of sp³-hybridized carbons (Fsp3) is 0.231. The second-order valence-electron chi connectivity index (χ2n) is 7.14. The predicted molar refractivity (Wildman–Crippen MR) is 135 cm³/mol. The van der Waals surface area contributed by atoms with E-state index in [4.69, 9.17) is 24.2 Å². The number of hydrazone groups is 1. The van der Waals surface area contributed by atoms with Gasteiger partial charge in [-0.3, -0.25) is 0 Å². The van der Waals surface area contributed by atoms with Gasteiger partial charge in [0.15, 0.2) is 23.0 Å². The highest BCUT2D eigenvalue weighted by Gasteiger charge is 2.12. The minimum atomic E-state index is 0.352. The van der Waals surface area contributed by atoms with Crippen molar-refractivity contribution >= 4 is 22.1 Å². The van der Waals surface area contributed by atoms with Crippen LogP contribution in [0.4, 0.5) is 0 Å². The summed E-state index contributed by atoms with van der Waals surface area (Å²) in [5.41, 5.74) is 6.47. The highest BCUT2D eigenvalue weighted by Crippen LogP contribution is 2.37. The molecule has 0 heterocycles. The zero-order chi connectivity index (χ0) is 24.3. The van der Waals surface area contributed by atoms with E-state index in [1.165, 1.54) is 0 Å². The molecule has 0 unspecified atom stereocenters. The molecule has 0 aliphatic rings. The van der Waals surface area contributed by atoms with Crippen LogP contribution in [-0.2, 0) is 13.2 Å². The molecule has 3 aromatic carbocycles. The van der Waals surface area contributed by atoms with E-state index in [0.29, 0.717) is 48.3 Å². The summed E-state index contributed by atoms with van der Waals surface area (Å²) in [5.74, 6) is 2.59. The molecule has 0 aliphatic heterocycles. The van der Waals surface area contributed by atoms with Crippen molar-refractivity contribution in [3.8, 4) is 29.1 Å². The number of ether oxygens (including phenoxy) is 4. The van der Waals surface area contributed by atoms with E-state index < -0.39 is 0 Å². The first-order chi connectivity index (χ1) is 16.6. The van der Waals surface area contributed by atoms with Crippen LogP contribution in [0.25, 0.3) is 0 Å². The summed E-state index contributed by atoms with van der Waals surface area (Å²) in [6.07, 6.45) is 1.72. The van der Waals surface area contributed by atoms with Gasteiger partial charge in [0.2, 0.25) is 0 Å². The highest BCUT2D eigenvalue weighted by atomic mass is 79.9. The molecule has 34 heavy (non-hydrogen) atoms. The van der Waals surface area contributed by atoms with E-state index in [0.717, 1.165) is 21.2 Å². The third-order valence-corrected chi connectivity index (χ3v) is 5.42. The Balaban J connectivity index is 1.66. The molecule has 0 saturated heterocycles. The number of rotatable bonds is 11. The lowest BCUT2D eigenvalue weighted by Gasteiger charge is -2.15. The lowest BCUT2D eigenvalue weighted by atomic mass is 10.1. The minimum absolute atomic E-state index is 0.352. The number of benzene rings is 3. The number of halogens is 1. The van der Waals surface area contributed by atoms with Gasteiger partial charge >= 0.3 is 0 Å².